The molecule has 24 heavy (non-hydrogen) atoms. The summed E-state index contributed by atoms with van der Waals surface area (Å²) >= 11 is 0. The predicted molar refractivity (Wildman–Crippen MR) is 80.4 cm³/mol. The summed E-state index contributed by atoms with van der Waals surface area (Å²) in [5, 5.41) is 39.3. The van der Waals surface area contributed by atoms with Gasteiger partial charge in [-0.05, 0) is 12.5 Å². The first-order chi connectivity index (χ1) is 11.4. The van der Waals surface area contributed by atoms with Gasteiger partial charge in [0.05, 0.1) is 12.6 Å². The molecule has 4 N–H and O–H groups in total. The number of aliphatic hydroxyl groups excluding tert-OH is 4. The van der Waals surface area contributed by atoms with Crippen molar-refractivity contribution in [2.45, 2.75) is 49.5 Å². The smallest absolute Gasteiger partial charge is 0.292 e. The molecule has 132 valence electrons. The quantitative estimate of drug-likeness (QED) is 0.485. The lowest BCUT2D eigenvalue weighted by Gasteiger charge is -2.36. The van der Waals surface area contributed by atoms with E-state index in [1.807, 2.05) is 6.07 Å². The predicted octanol–water partition coefficient (Wildman–Crippen LogP) is -1.76. The van der Waals surface area contributed by atoms with Crippen molar-refractivity contribution in [2.24, 2.45) is 0 Å². The van der Waals surface area contributed by atoms with Crippen molar-refractivity contribution in [1.29, 1.82) is 0 Å². The normalized spacial score (nSPS) is 37.0. The number of ether oxygens (including phenoxy) is 1. The SMILES string of the molecule is CN1C(=O)CCC1c1ccc[n+]([C@@H]2OC(CO)[C@@H](O)C(O)[C@@H]2O)c1. The molecule has 0 radical (unpaired) electrons. The summed E-state index contributed by atoms with van der Waals surface area (Å²) < 4.78 is 7.15. The maximum Gasteiger partial charge on any atom is 0.292 e. The highest BCUT2D eigenvalue weighted by Gasteiger charge is 2.48. The van der Waals surface area contributed by atoms with Crippen LogP contribution in [0.5, 0.6) is 0 Å². The average molecular weight is 339 g/mol. The molecule has 0 saturated carbocycles. The Bertz CT molecular complexity index is 610. The first-order valence-electron chi connectivity index (χ1n) is 8.01. The Kier molecular flexibility index (Phi) is 4.84. The molecule has 3 heterocycles. The Balaban J connectivity index is 1.87. The van der Waals surface area contributed by atoms with Crippen LogP contribution in [-0.4, -0.2) is 69.3 Å². The summed E-state index contributed by atoms with van der Waals surface area (Å²) in [6.07, 6.45) is -1.41. The van der Waals surface area contributed by atoms with Crippen molar-refractivity contribution in [3.63, 3.8) is 0 Å². The van der Waals surface area contributed by atoms with Gasteiger partial charge in [-0.2, -0.15) is 4.57 Å². The van der Waals surface area contributed by atoms with E-state index in [9.17, 15) is 25.2 Å². The summed E-state index contributed by atoms with van der Waals surface area (Å²) in [6.45, 7) is -0.471. The third kappa shape index (κ3) is 2.91. The molecule has 8 nitrogen and oxygen atoms in total. The number of hydrogen-bond donors (Lipinski definition) is 4. The fourth-order valence-electron chi connectivity index (χ4n) is 3.39. The second kappa shape index (κ2) is 6.73. The molecule has 2 aliphatic heterocycles. The lowest BCUT2D eigenvalue weighted by Crippen LogP contribution is -2.62. The van der Waals surface area contributed by atoms with Gasteiger partial charge in [0, 0.05) is 25.1 Å². The van der Waals surface area contributed by atoms with Crippen LogP contribution >= 0.6 is 0 Å². The molecule has 0 bridgehead atoms. The van der Waals surface area contributed by atoms with E-state index in [1.54, 1.807) is 35.0 Å². The topological polar surface area (TPSA) is 114 Å². The van der Waals surface area contributed by atoms with Crippen LogP contribution in [-0.2, 0) is 9.53 Å². The number of amides is 1. The maximum absolute atomic E-state index is 11.7. The molecule has 3 rings (SSSR count). The summed E-state index contributed by atoms with van der Waals surface area (Å²) in [6, 6.07) is 3.61. The molecule has 1 aromatic rings. The number of pyridine rings is 1. The molecule has 1 amide bonds. The summed E-state index contributed by atoms with van der Waals surface area (Å²) in [5.41, 5.74) is 0.891. The number of rotatable bonds is 3. The van der Waals surface area contributed by atoms with Crippen molar-refractivity contribution in [1.82, 2.24) is 4.90 Å². The van der Waals surface area contributed by atoms with E-state index in [0.717, 1.165) is 5.56 Å². The molecule has 3 unspecified atom stereocenters. The van der Waals surface area contributed by atoms with Crippen LogP contribution in [0.4, 0.5) is 0 Å². The Hall–Kier alpha value is -1.58. The number of carbonyl (C=O) groups excluding carboxylic acids is 1. The van der Waals surface area contributed by atoms with Gasteiger partial charge < -0.3 is 30.1 Å². The standard InChI is InChI=1S/C16H23N2O6/c1-17-10(4-5-12(17)20)9-3-2-6-18(7-9)16-15(23)14(22)13(21)11(8-19)24-16/h2-3,6-7,10-11,13-16,19,21-23H,4-5,8H2,1H3/q+1/t10?,11?,13-,14?,15+,16-/m1/s1. The number of hydrogen-bond acceptors (Lipinski definition) is 6. The van der Waals surface area contributed by atoms with Crippen LogP contribution in [0, 0.1) is 0 Å². The molecular weight excluding hydrogens is 316 g/mol. The molecule has 2 fully saturated rings. The number of aromatic nitrogens is 1. The first-order valence-corrected chi connectivity index (χ1v) is 8.01. The van der Waals surface area contributed by atoms with Crippen molar-refractivity contribution in [2.75, 3.05) is 13.7 Å². The van der Waals surface area contributed by atoms with Gasteiger partial charge in [0.1, 0.15) is 18.3 Å². The van der Waals surface area contributed by atoms with Gasteiger partial charge in [-0.3, -0.25) is 4.79 Å². The van der Waals surface area contributed by atoms with E-state index in [2.05, 4.69) is 0 Å². The van der Waals surface area contributed by atoms with Crippen LogP contribution in [0.3, 0.4) is 0 Å². The third-order valence-corrected chi connectivity index (χ3v) is 4.88. The fraction of sp³-hybridized carbons (Fsp3) is 0.625. The Morgan fingerprint density at radius 1 is 1.29 bits per heavy atom. The van der Waals surface area contributed by atoms with E-state index < -0.39 is 37.3 Å². The van der Waals surface area contributed by atoms with Gasteiger partial charge in [-0.15, -0.1) is 0 Å². The van der Waals surface area contributed by atoms with Gasteiger partial charge >= 0.3 is 0 Å². The summed E-state index contributed by atoms with van der Waals surface area (Å²) in [5.74, 6) is 0.0863. The lowest BCUT2D eigenvalue weighted by atomic mass is 9.98. The van der Waals surface area contributed by atoms with Crippen LogP contribution in [0.1, 0.15) is 30.7 Å². The minimum absolute atomic E-state index is 0.0464. The van der Waals surface area contributed by atoms with Gasteiger partial charge in [-0.25, -0.2) is 0 Å². The average Bonchev–Trinajstić information content (AvgIpc) is 2.92. The van der Waals surface area contributed by atoms with E-state index in [-0.39, 0.29) is 11.9 Å². The zero-order valence-corrected chi connectivity index (χ0v) is 13.4. The largest absolute Gasteiger partial charge is 0.394 e. The lowest BCUT2D eigenvalue weighted by molar-refractivity contribution is -0.778. The Morgan fingerprint density at radius 2 is 2.04 bits per heavy atom. The summed E-state index contributed by atoms with van der Waals surface area (Å²) in [7, 11) is 1.76. The number of likely N-dealkylation sites (tertiary alicyclic amines) is 1. The Labute approximate surface area is 139 Å². The molecule has 8 heteroatoms. The highest BCUT2D eigenvalue weighted by atomic mass is 16.6. The highest BCUT2D eigenvalue weighted by Crippen LogP contribution is 2.31. The second-order valence-electron chi connectivity index (χ2n) is 6.36. The van der Waals surface area contributed by atoms with Crippen molar-refractivity contribution < 1.29 is 34.5 Å². The van der Waals surface area contributed by atoms with Crippen LogP contribution < -0.4 is 4.57 Å². The summed E-state index contributed by atoms with van der Waals surface area (Å²) in [4.78, 5) is 13.4. The van der Waals surface area contributed by atoms with E-state index in [4.69, 9.17) is 4.74 Å². The molecule has 2 aliphatic rings. The van der Waals surface area contributed by atoms with Crippen LogP contribution in [0.25, 0.3) is 0 Å². The van der Waals surface area contributed by atoms with Gasteiger partial charge in [0.15, 0.2) is 18.5 Å². The van der Waals surface area contributed by atoms with Crippen LogP contribution in [0.2, 0.25) is 0 Å². The van der Waals surface area contributed by atoms with E-state index in [1.165, 1.54) is 0 Å². The van der Waals surface area contributed by atoms with Crippen molar-refractivity contribution in [3.05, 3.63) is 30.1 Å². The third-order valence-electron chi connectivity index (χ3n) is 4.88. The molecular formula is C16H23N2O6+. The second-order valence-corrected chi connectivity index (χ2v) is 6.36. The van der Waals surface area contributed by atoms with E-state index >= 15 is 0 Å². The molecule has 0 aromatic carbocycles. The number of aliphatic hydroxyl groups is 4. The minimum Gasteiger partial charge on any atom is -0.394 e. The van der Waals surface area contributed by atoms with Crippen molar-refractivity contribution >= 4 is 5.91 Å². The van der Waals surface area contributed by atoms with Gasteiger partial charge in [-0.1, -0.05) is 0 Å². The monoisotopic (exact) mass is 339 g/mol. The number of nitrogens with zero attached hydrogens (tertiary/aromatic N) is 2. The zero-order chi connectivity index (χ0) is 17.4. The highest BCUT2D eigenvalue weighted by molar-refractivity contribution is 5.78. The van der Waals surface area contributed by atoms with Gasteiger partial charge in [0.2, 0.25) is 5.91 Å². The van der Waals surface area contributed by atoms with Crippen LogP contribution in [0.15, 0.2) is 24.5 Å². The molecule has 0 spiro atoms. The molecule has 6 atom stereocenters. The van der Waals surface area contributed by atoms with E-state index in [0.29, 0.717) is 12.8 Å². The minimum atomic E-state index is -1.42. The fourth-order valence-corrected chi connectivity index (χ4v) is 3.39. The zero-order valence-electron chi connectivity index (χ0n) is 13.4. The van der Waals surface area contributed by atoms with Gasteiger partial charge in [0.25, 0.3) is 6.23 Å². The maximum atomic E-state index is 11.7. The first kappa shape index (κ1) is 17.2. The molecule has 0 aliphatic carbocycles. The van der Waals surface area contributed by atoms with Crippen molar-refractivity contribution in [3.8, 4) is 0 Å². The molecule has 2 saturated heterocycles. The molecule has 1 aromatic heterocycles. The Morgan fingerprint density at radius 3 is 2.67 bits per heavy atom. The number of carbonyl (C=O) groups is 1.